The maximum atomic E-state index is 5.60. The van der Waals surface area contributed by atoms with Crippen LogP contribution >= 0.6 is 22.7 Å². The molecule has 0 radical (unpaired) electrons. The van der Waals surface area contributed by atoms with Gasteiger partial charge < -0.3 is 4.42 Å². The van der Waals surface area contributed by atoms with Crippen LogP contribution in [0.1, 0.15) is 17.2 Å². The predicted molar refractivity (Wildman–Crippen MR) is 84.0 cm³/mol. The number of aryl methyl sites for hydroxylation is 1. The van der Waals surface area contributed by atoms with Gasteiger partial charge in [0, 0.05) is 11.9 Å². The summed E-state index contributed by atoms with van der Waals surface area (Å²) >= 11 is 3.44. The second kappa shape index (κ2) is 5.91. The highest BCUT2D eigenvalue weighted by Gasteiger charge is 2.09. The number of thiophene rings is 1. The lowest BCUT2D eigenvalue weighted by atomic mass is 10.3. The highest BCUT2D eigenvalue weighted by Crippen LogP contribution is 2.28. The molecule has 3 aromatic rings. The first-order valence-corrected chi connectivity index (χ1v) is 8.19. The van der Waals surface area contributed by atoms with E-state index in [9.17, 15) is 0 Å². The van der Waals surface area contributed by atoms with Gasteiger partial charge in [0.2, 0.25) is 0 Å². The van der Waals surface area contributed by atoms with Gasteiger partial charge in [-0.1, -0.05) is 6.07 Å². The molecule has 0 fully saturated rings. The first-order chi connectivity index (χ1) is 9.70. The fourth-order valence-electron chi connectivity index (χ4n) is 2.06. The molecular formula is C15H16N2OS2. The molecule has 0 atom stereocenters. The zero-order chi connectivity index (χ0) is 13.9. The molecule has 0 aromatic carbocycles. The topological polar surface area (TPSA) is 29.3 Å². The third-order valence-electron chi connectivity index (χ3n) is 2.94. The molecule has 0 saturated carbocycles. The van der Waals surface area contributed by atoms with Crippen LogP contribution in [0.15, 0.2) is 39.4 Å². The lowest BCUT2D eigenvalue weighted by Crippen LogP contribution is -2.17. The van der Waals surface area contributed by atoms with Crippen molar-refractivity contribution in [2.24, 2.45) is 0 Å². The van der Waals surface area contributed by atoms with Crippen LogP contribution in [-0.4, -0.2) is 16.9 Å². The summed E-state index contributed by atoms with van der Waals surface area (Å²) in [5, 5.41) is 5.33. The molecule has 3 nitrogen and oxygen atoms in total. The van der Waals surface area contributed by atoms with Crippen LogP contribution in [0.5, 0.6) is 0 Å². The summed E-state index contributed by atoms with van der Waals surface area (Å²) in [6.45, 7) is 3.61. The summed E-state index contributed by atoms with van der Waals surface area (Å²) in [5.74, 6) is 1.96. The largest absolute Gasteiger partial charge is 0.465 e. The highest BCUT2D eigenvalue weighted by atomic mass is 32.1. The summed E-state index contributed by atoms with van der Waals surface area (Å²) in [6, 6.07) is 8.21. The molecule has 20 heavy (non-hydrogen) atoms. The fourth-order valence-corrected chi connectivity index (χ4v) is 3.69. The van der Waals surface area contributed by atoms with E-state index in [0.29, 0.717) is 0 Å². The lowest BCUT2D eigenvalue weighted by molar-refractivity contribution is 0.283. The Bertz CT molecular complexity index is 670. The number of hydrogen-bond acceptors (Lipinski definition) is 5. The Morgan fingerprint density at radius 1 is 1.20 bits per heavy atom. The molecule has 0 aliphatic carbocycles. The van der Waals surface area contributed by atoms with Crippen molar-refractivity contribution < 1.29 is 4.42 Å². The zero-order valence-corrected chi connectivity index (χ0v) is 13.1. The van der Waals surface area contributed by atoms with Crippen LogP contribution in [0.25, 0.3) is 9.88 Å². The molecule has 0 amide bonds. The monoisotopic (exact) mass is 304 g/mol. The molecule has 0 unspecified atom stereocenters. The molecule has 0 spiro atoms. The number of hydrogen-bond donors (Lipinski definition) is 0. The SMILES string of the molecule is Cc1ccc(CN(C)Cc2csc(-c3cccs3)n2)o1. The first-order valence-electron chi connectivity index (χ1n) is 6.43. The summed E-state index contributed by atoms with van der Waals surface area (Å²) in [6.07, 6.45) is 0. The number of aromatic nitrogens is 1. The van der Waals surface area contributed by atoms with E-state index in [1.165, 1.54) is 4.88 Å². The van der Waals surface area contributed by atoms with E-state index in [1.54, 1.807) is 22.7 Å². The van der Waals surface area contributed by atoms with Crippen LogP contribution in [0.3, 0.4) is 0 Å². The van der Waals surface area contributed by atoms with Crippen molar-refractivity contribution >= 4 is 22.7 Å². The van der Waals surface area contributed by atoms with Gasteiger partial charge in [-0.2, -0.15) is 0 Å². The van der Waals surface area contributed by atoms with E-state index in [0.717, 1.165) is 35.3 Å². The maximum Gasteiger partial charge on any atom is 0.133 e. The Morgan fingerprint density at radius 2 is 2.10 bits per heavy atom. The Kier molecular flexibility index (Phi) is 4.00. The molecule has 5 heteroatoms. The van der Waals surface area contributed by atoms with Gasteiger partial charge in [0.05, 0.1) is 17.1 Å². The van der Waals surface area contributed by atoms with Gasteiger partial charge in [-0.3, -0.25) is 4.90 Å². The van der Waals surface area contributed by atoms with Crippen molar-refractivity contribution in [1.82, 2.24) is 9.88 Å². The lowest BCUT2D eigenvalue weighted by Gasteiger charge is -2.13. The Labute approximate surface area is 126 Å². The average Bonchev–Trinajstić information content (AvgIpc) is 3.10. The van der Waals surface area contributed by atoms with E-state index in [-0.39, 0.29) is 0 Å². The van der Waals surface area contributed by atoms with Gasteiger partial charge in [-0.15, -0.1) is 22.7 Å². The summed E-state index contributed by atoms with van der Waals surface area (Å²) in [5.41, 5.74) is 1.11. The normalized spacial score (nSPS) is 11.3. The smallest absolute Gasteiger partial charge is 0.133 e. The van der Waals surface area contributed by atoms with E-state index in [2.05, 4.69) is 34.8 Å². The van der Waals surface area contributed by atoms with Crippen molar-refractivity contribution in [2.75, 3.05) is 7.05 Å². The second-order valence-corrected chi connectivity index (χ2v) is 6.61. The Morgan fingerprint density at radius 3 is 2.80 bits per heavy atom. The van der Waals surface area contributed by atoms with E-state index >= 15 is 0 Å². The van der Waals surface area contributed by atoms with Crippen molar-refractivity contribution in [3.05, 3.63) is 52.2 Å². The number of rotatable bonds is 5. The van der Waals surface area contributed by atoms with Crippen LogP contribution < -0.4 is 0 Å². The molecule has 0 saturated heterocycles. The quantitative estimate of drug-likeness (QED) is 0.699. The number of nitrogens with zero attached hydrogens (tertiary/aromatic N) is 2. The number of furan rings is 1. The van der Waals surface area contributed by atoms with Crippen molar-refractivity contribution in [3.8, 4) is 9.88 Å². The second-order valence-electron chi connectivity index (χ2n) is 4.81. The van der Waals surface area contributed by atoms with Gasteiger partial charge in [-0.05, 0) is 37.6 Å². The van der Waals surface area contributed by atoms with E-state index in [1.807, 2.05) is 19.1 Å². The van der Waals surface area contributed by atoms with Crippen molar-refractivity contribution in [3.63, 3.8) is 0 Å². The van der Waals surface area contributed by atoms with Crippen molar-refractivity contribution in [2.45, 2.75) is 20.0 Å². The van der Waals surface area contributed by atoms with Crippen LogP contribution in [0.4, 0.5) is 0 Å². The Hall–Kier alpha value is -1.43. The standard InChI is InChI=1S/C15H16N2OS2/c1-11-5-6-13(18-11)9-17(2)8-12-10-20-15(16-12)14-4-3-7-19-14/h3-7,10H,8-9H2,1-2H3. The van der Waals surface area contributed by atoms with Crippen molar-refractivity contribution in [1.29, 1.82) is 0 Å². The van der Waals surface area contributed by atoms with Gasteiger partial charge >= 0.3 is 0 Å². The fraction of sp³-hybridized carbons (Fsp3) is 0.267. The predicted octanol–water partition coefficient (Wildman–Crippen LogP) is 4.41. The summed E-state index contributed by atoms with van der Waals surface area (Å²) < 4.78 is 5.60. The minimum absolute atomic E-state index is 0.805. The van der Waals surface area contributed by atoms with Crippen LogP contribution in [0.2, 0.25) is 0 Å². The third kappa shape index (κ3) is 3.17. The molecule has 0 aliphatic rings. The Balaban J connectivity index is 1.63. The molecule has 0 bridgehead atoms. The van der Waals surface area contributed by atoms with Crippen LogP contribution in [0, 0.1) is 6.92 Å². The molecular weight excluding hydrogens is 288 g/mol. The molecule has 104 valence electrons. The molecule has 3 rings (SSSR count). The zero-order valence-electron chi connectivity index (χ0n) is 11.5. The minimum Gasteiger partial charge on any atom is -0.465 e. The first kappa shape index (κ1) is 13.5. The maximum absolute atomic E-state index is 5.60. The van der Waals surface area contributed by atoms with E-state index in [4.69, 9.17) is 9.40 Å². The molecule has 0 aliphatic heterocycles. The van der Waals surface area contributed by atoms with Gasteiger partial charge in [0.15, 0.2) is 0 Å². The molecule has 3 heterocycles. The average molecular weight is 304 g/mol. The highest BCUT2D eigenvalue weighted by molar-refractivity contribution is 7.20. The van der Waals surface area contributed by atoms with Gasteiger partial charge in [0.1, 0.15) is 16.5 Å². The molecule has 0 N–H and O–H groups in total. The van der Waals surface area contributed by atoms with Gasteiger partial charge in [-0.25, -0.2) is 4.98 Å². The number of thiazole rings is 1. The minimum atomic E-state index is 0.805. The molecule has 3 aromatic heterocycles. The van der Waals surface area contributed by atoms with E-state index < -0.39 is 0 Å². The summed E-state index contributed by atoms with van der Waals surface area (Å²) in [4.78, 5) is 8.15. The van der Waals surface area contributed by atoms with Gasteiger partial charge in [0.25, 0.3) is 0 Å². The third-order valence-corrected chi connectivity index (χ3v) is 4.87. The van der Waals surface area contributed by atoms with Crippen LogP contribution in [-0.2, 0) is 13.1 Å². The summed E-state index contributed by atoms with van der Waals surface area (Å²) in [7, 11) is 2.09.